The van der Waals surface area contributed by atoms with Crippen molar-refractivity contribution in [3.05, 3.63) is 77.1 Å². The number of fused-ring (bicyclic) bond motifs is 3. The maximum absolute atomic E-state index is 16.8. The van der Waals surface area contributed by atoms with Crippen molar-refractivity contribution in [2.75, 3.05) is 64.4 Å². The first kappa shape index (κ1) is 51.4. The fourth-order valence-electron chi connectivity index (χ4n) is 9.65. The topological polar surface area (TPSA) is 258 Å². The van der Waals surface area contributed by atoms with Crippen LogP contribution in [-0.4, -0.2) is 148 Å². The molecule has 378 valence electrons. The number of anilines is 1. The average molecular weight is 1010 g/mol. The predicted octanol–water partition coefficient (Wildman–Crippen LogP) is 3.81. The molecule has 3 fully saturated rings. The first-order valence-corrected chi connectivity index (χ1v) is 24.3. The summed E-state index contributed by atoms with van der Waals surface area (Å²) < 4.78 is 22.8. The summed E-state index contributed by atoms with van der Waals surface area (Å²) in [7, 11) is 1.85. The number of aromatic nitrogens is 2. The largest absolute Gasteiger partial charge is 0.508 e. The van der Waals surface area contributed by atoms with E-state index in [1.807, 2.05) is 41.1 Å². The number of allylic oxidation sites excluding steroid dienone is 2. The number of carboxylic acid groups (broad SMARTS) is 1. The minimum absolute atomic E-state index is 0.00130. The summed E-state index contributed by atoms with van der Waals surface area (Å²) in [4.78, 5) is 116. The second kappa shape index (κ2) is 22.2. The van der Waals surface area contributed by atoms with Gasteiger partial charge in [0.15, 0.2) is 11.4 Å². The number of nitrogens with one attached hydrogen (secondary N) is 3. The Labute approximate surface area is 417 Å². The van der Waals surface area contributed by atoms with Gasteiger partial charge in [-0.1, -0.05) is 54.1 Å². The van der Waals surface area contributed by atoms with Gasteiger partial charge in [0.1, 0.15) is 46.4 Å². The van der Waals surface area contributed by atoms with Gasteiger partial charge in [0, 0.05) is 107 Å². The Bertz CT molecular complexity index is 2940. The van der Waals surface area contributed by atoms with E-state index in [0.29, 0.717) is 78.1 Å². The normalized spacial score (nSPS) is 20.0. The second-order valence-corrected chi connectivity index (χ2v) is 18.7. The van der Waals surface area contributed by atoms with Crippen molar-refractivity contribution in [3.63, 3.8) is 0 Å². The molecule has 0 spiro atoms. The number of hydrogen-bond acceptors (Lipinski definition) is 16. The fraction of sp³-hybridized carbons (Fsp3) is 0.412. The summed E-state index contributed by atoms with van der Waals surface area (Å²) in [5.41, 5.74) is -1.70. The first-order valence-electron chi connectivity index (χ1n) is 23.9. The summed E-state index contributed by atoms with van der Waals surface area (Å²) in [5, 5.41) is 31.0. The zero-order chi connectivity index (χ0) is 51.3. The molecule has 3 atom stereocenters. The Kier molecular flexibility index (Phi) is 15.8. The molecule has 0 saturated carbocycles. The summed E-state index contributed by atoms with van der Waals surface area (Å²) in [6.07, 6.45) is 3.83. The molecule has 21 heteroatoms. The highest BCUT2D eigenvalue weighted by atomic mass is 35.5. The van der Waals surface area contributed by atoms with Crippen molar-refractivity contribution in [3.8, 4) is 22.9 Å². The number of rotatable bonds is 22. The molecular weight excluding hydrogens is 955 g/mol. The molecule has 3 unspecified atom stereocenters. The van der Waals surface area contributed by atoms with Gasteiger partial charge in [0.25, 0.3) is 5.91 Å². The van der Waals surface area contributed by atoms with Crippen LogP contribution in [0.1, 0.15) is 57.8 Å². The van der Waals surface area contributed by atoms with E-state index in [2.05, 4.69) is 20.9 Å². The smallest absolute Gasteiger partial charge is 0.329 e. The number of ether oxygens (including phenoxy) is 1. The molecule has 4 aromatic rings. The molecule has 19 nitrogen and oxygen atoms in total. The third-order valence-corrected chi connectivity index (χ3v) is 13.8. The molecule has 8 rings (SSSR count). The van der Waals surface area contributed by atoms with E-state index >= 15 is 4.39 Å². The molecule has 1 aliphatic carbocycles. The number of amides is 4. The maximum Gasteiger partial charge on any atom is 0.329 e. The van der Waals surface area contributed by atoms with Crippen molar-refractivity contribution >= 4 is 86.0 Å². The number of aliphatic carboxylic acids is 1. The van der Waals surface area contributed by atoms with Crippen LogP contribution in [0.2, 0.25) is 5.02 Å². The standard InChI is InChI=1S/C51H54ClFN8O11/c1-59(21-5-25-72-50-57-44-37(45(58-50)60-23-19-54-20-24-60)28-38(52)41(43(44)53)36-27-33(65)26-29-6-2-3-7-34(29)36)22-16-32(64)12-10-30(62)9-11-31(63)15-18-55-51(49(70)71)17-4-8-35-42(51)48(69)61(47(35)68)39-13-14-40(66)56-46(39)67/h2-4,6-8,17,26-28,39,42,54-55,65H,5,9-16,18-25H2,1H3,(H,70,71)(H,56,66,67). The predicted molar refractivity (Wildman–Crippen MR) is 262 cm³/mol. The van der Waals surface area contributed by atoms with Gasteiger partial charge in [-0.05, 0) is 54.4 Å². The number of nitrogens with zero attached hydrogens (tertiary/aromatic N) is 5. The lowest BCUT2D eigenvalue weighted by Gasteiger charge is -2.34. The van der Waals surface area contributed by atoms with Crippen molar-refractivity contribution in [2.24, 2.45) is 5.92 Å². The molecule has 3 aliphatic heterocycles. The number of likely N-dealkylation sites (tertiary alicyclic amines) is 1. The number of hydrogen-bond donors (Lipinski definition) is 5. The zero-order valence-corrected chi connectivity index (χ0v) is 40.3. The quantitative estimate of drug-likeness (QED) is 0.0554. The average Bonchev–Trinajstić information content (AvgIpc) is 3.62. The zero-order valence-electron chi connectivity index (χ0n) is 39.5. The molecule has 1 aromatic heterocycles. The van der Waals surface area contributed by atoms with Gasteiger partial charge in [-0.3, -0.25) is 49.1 Å². The van der Waals surface area contributed by atoms with Crippen LogP contribution in [0.3, 0.4) is 0 Å². The van der Waals surface area contributed by atoms with E-state index in [1.54, 1.807) is 12.1 Å². The van der Waals surface area contributed by atoms with Crippen LogP contribution >= 0.6 is 11.6 Å². The highest BCUT2D eigenvalue weighted by Gasteiger charge is 2.60. The van der Waals surface area contributed by atoms with Gasteiger partial charge >= 0.3 is 12.0 Å². The van der Waals surface area contributed by atoms with Crippen LogP contribution in [0.5, 0.6) is 11.8 Å². The summed E-state index contributed by atoms with van der Waals surface area (Å²) >= 11 is 6.83. The number of Topliss-reactive ketones (excluding diaryl/α,β-unsaturated/α-hetero) is 3. The number of phenols is 1. The Morgan fingerprint density at radius 3 is 2.38 bits per heavy atom. The second-order valence-electron chi connectivity index (χ2n) is 18.3. The Balaban J connectivity index is 0.777. The lowest BCUT2D eigenvalue weighted by molar-refractivity contribution is -0.154. The molecule has 0 bridgehead atoms. The molecular formula is C51H54ClFN8O11. The number of halogens is 2. The Hall–Kier alpha value is -7.00. The number of aromatic hydroxyl groups is 1. The number of imide groups is 2. The van der Waals surface area contributed by atoms with Crippen molar-refractivity contribution in [1.29, 1.82) is 0 Å². The summed E-state index contributed by atoms with van der Waals surface area (Å²) in [6.45, 7) is 3.57. The lowest BCUT2D eigenvalue weighted by Crippen LogP contribution is -2.60. The van der Waals surface area contributed by atoms with Crippen LogP contribution < -0.4 is 25.6 Å². The monoisotopic (exact) mass is 1010 g/mol. The van der Waals surface area contributed by atoms with Gasteiger partial charge in [-0.2, -0.15) is 9.97 Å². The number of piperidine rings is 1. The third-order valence-electron chi connectivity index (χ3n) is 13.5. The molecule has 72 heavy (non-hydrogen) atoms. The highest BCUT2D eigenvalue weighted by Crippen LogP contribution is 2.43. The van der Waals surface area contributed by atoms with Crippen LogP contribution in [0.15, 0.2) is 66.3 Å². The van der Waals surface area contributed by atoms with Crippen molar-refractivity contribution in [1.82, 2.24) is 35.7 Å². The number of carbonyl (C=O) groups excluding carboxylic acids is 7. The number of piperazine rings is 1. The van der Waals surface area contributed by atoms with E-state index in [4.69, 9.17) is 21.3 Å². The van der Waals surface area contributed by atoms with Crippen molar-refractivity contribution in [2.45, 2.75) is 69.4 Å². The van der Waals surface area contributed by atoms with Crippen LogP contribution in [0, 0.1) is 11.7 Å². The number of ketones is 3. The molecule has 4 heterocycles. The van der Waals surface area contributed by atoms with E-state index < -0.39 is 52.9 Å². The van der Waals surface area contributed by atoms with Crippen molar-refractivity contribution < 1.29 is 57.7 Å². The third kappa shape index (κ3) is 10.9. The Morgan fingerprint density at radius 2 is 1.65 bits per heavy atom. The minimum Gasteiger partial charge on any atom is -0.508 e. The van der Waals surface area contributed by atoms with Gasteiger partial charge in [0.05, 0.1) is 11.6 Å². The van der Waals surface area contributed by atoms with E-state index in [1.165, 1.54) is 24.3 Å². The number of carboxylic acids is 1. The molecule has 3 saturated heterocycles. The fourth-order valence-corrected chi connectivity index (χ4v) is 9.95. The molecule has 4 amide bonds. The Morgan fingerprint density at radius 1 is 0.944 bits per heavy atom. The van der Waals surface area contributed by atoms with Crippen LogP contribution in [-0.2, 0) is 38.4 Å². The highest BCUT2D eigenvalue weighted by molar-refractivity contribution is 6.35. The van der Waals surface area contributed by atoms with E-state index in [9.17, 15) is 48.6 Å². The number of benzene rings is 3. The van der Waals surface area contributed by atoms with E-state index in [0.717, 1.165) is 0 Å². The SMILES string of the molecule is CN(CCCOc1nc(N2CCNCC2)c2cc(Cl)c(-c3cc(O)cc4ccccc34)c(F)c2n1)CCC(=O)CCC(=O)CCC(=O)CCNC1(C(=O)O)C=CC=C2C(=O)N(C3CCC(=O)NC3=O)C(=O)C21. The van der Waals surface area contributed by atoms with Crippen LogP contribution in [0.25, 0.3) is 32.8 Å². The van der Waals surface area contributed by atoms with Gasteiger partial charge in [-0.15, -0.1) is 0 Å². The lowest BCUT2D eigenvalue weighted by atomic mass is 9.76. The maximum atomic E-state index is 16.8. The molecule has 3 aromatic carbocycles. The van der Waals surface area contributed by atoms with E-state index in [-0.39, 0.29) is 115 Å². The molecule has 4 aliphatic rings. The van der Waals surface area contributed by atoms with Crippen LogP contribution in [0.4, 0.5) is 10.2 Å². The molecule has 0 radical (unpaired) electrons. The number of phenolic OH excluding ortho intramolecular Hbond substituents is 1. The van der Waals surface area contributed by atoms with Gasteiger partial charge in [-0.25, -0.2) is 9.18 Å². The summed E-state index contributed by atoms with van der Waals surface area (Å²) in [6, 6.07) is 10.8. The minimum atomic E-state index is -2.11. The van der Waals surface area contributed by atoms with Gasteiger partial charge in [0.2, 0.25) is 17.7 Å². The number of carbonyl (C=O) groups is 8. The first-order chi connectivity index (χ1) is 34.6. The summed E-state index contributed by atoms with van der Waals surface area (Å²) in [5.74, 6) is -7.14. The van der Waals surface area contributed by atoms with Gasteiger partial charge < -0.3 is 30.1 Å². The molecule has 5 N–H and O–H groups in total.